The lowest BCUT2D eigenvalue weighted by Gasteiger charge is -2.23. The van der Waals surface area contributed by atoms with Crippen LogP contribution in [0, 0.1) is 3.57 Å². The van der Waals surface area contributed by atoms with Crippen molar-refractivity contribution in [1.82, 2.24) is 4.98 Å². The normalized spacial score (nSPS) is 14.6. The lowest BCUT2D eigenvalue weighted by atomic mass is 9.99. The molecule has 1 rings (SSSR count). The number of primary amides is 1. The molecule has 0 fully saturated rings. The van der Waals surface area contributed by atoms with E-state index in [0.717, 1.165) is 9.26 Å². The van der Waals surface area contributed by atoms with Crippen LogP contribution in [0.4, 0.5) is 0 Å². The van der Waals surface area contributed by atoms with Gasteiger partial charge in [0, 0.05) is 29.0 Å². The van der Waals surface area contributed by atoms with E-state index in [1.54, 1.807) is 13.1 Å². The molecule has 5 heteroatoms. The van der Waals surface area contributed by atoms with Crippen LogP contribution in [-0.4, -0.2) is 23.6 Å². The minimum atomic E-state index is -0.986. The Balaban J connectivity index is 2.84. The average Bonchev–Trinajstić information content (AvgIpc) is 2.21. The van der Waals surface area contributed by atoms with Gasteiger partial charge in [-0.1, -0.05) is 0 Å². The number of halogens is 1. The standard InChI is InChI=1S/C10H13IN2O2/c1-10(15-2,9(12)14)5-8-4-3-7(11)6-13-8/h3-4,6H,5H2,1-2H3,(H2,12,14). The molecule has 0 spiro atoms. The van der Waals surface area contributed by atoms with Gasteiger partial charge in [0.1, 0.15) is 5.60 Å². The van der Waals surface area contributed by atoms with E-state index in [2.05, 4.69) is 27.6 Å². The van der Waals surface area contributed by atoms with Crippen molar-refractivity contribution in [2.24, 2.45) is 5.73 Å². The number of pyridine rings is 1. The van der Waals surface area contributed by atoms with Gasteiger partial charge in [-0.05, 0) is 41.6 Å². The summed E-state index contributed by atoms with van der Waals surface area (Å²) in [4.78, 5) is 15.4. The van der Waals surface area contributed by atoms with Crippen LogP contribution in [0.15, 0.2) is 18.3 Å². The molecule has 1 heterocycles. The van der Waals surface area contributed by atoms with Crippen LogP contribution in [0.3, 0.4) is 0 Å². The molecular weight excluding hydrogens is 307 g/mol. The zero-order valence-electron chi connectivity index (χ0n) is 8.66. The lowest BCUT2D eigenvalue weighted by Crippen LogP contribution is -2.44. The summed E-state index contributed by atoms with van der Waals surface area (Å²) in [5.41, 5.74) is 5.07. The molecule has 0 saturated carbocycles. The van der Waals surface area contributed by atoms with Gasteiger partial charge in [-0.2, -0.15) is 0 Å². The zero-order chi connectivity index (χ0) is 11.5. The summed E-state index contributed by atoms with van der Waals surface area (Å²) in [7, 11) is 1.47. The molecule has 2 N–H and O–H groups in total. The van der Waals surface area contributed by atoms with Crippen LogP contribution in [-0.2, 0) is 16.0 Å². The number of nitrogens with two attached hydrogens (primary N) is 1. The number of rotatable bonds is 4. The Kier molecular flexibility index (Phi) is 4.04. The summed E-state index contributed by atoms with van der Waals surface area (Å²) in [5.74, 6) is -0.481. The fourth-order valence-electron chi connectivity index (χ4n) is 1.12. The van der Waals surface area contributed by atoms with Gasteiger partial charge in [0.2, 0.25) is 5.91 Å². The van der Waals surface area contributed by atoms with Crippen LogP contribution in [0.1, 0.15) is 12.6 Å². The first-order valence-electron chi connectivity index (χ1n) is 4.43. The Morgan fingerprint density at radius 1 is 1.67 bits per heavy atom. The smallest absolute Gasteiger partial charge is 0.249 e. The van der Waals surface area contributed by atoms with Crippen LogP contribution >= 0.6 is 22.6 Å². The van der Waals surface area contributed by atoms with E-state index in [0.29, 0.717) is 6.42 Å². The number of hydrogen-bond acceptors (Lipinski definition) is 3. The maximum atomic E-state index is 11.2. The number of carbonyl (C=O) groups is 1. The van der Waals surface area contributed by atoms with E-state index in [1.165, 1.54) is 7.11 Å². The third kappa shape index (κ3) is 3.13. The van der Waals surface area contributed by atoms with Crippen molar-refractivity contribution in [2.75, 3.05) is 7.11 Å². The summed E-state index contributed by atoms with van der Waals surface area (Å²) in [6, 6.07) is 3.79. The minimum absolute atomic E-state index is 0.385. The van der Waals surface area contributed by atoms with E-state index < -0.39 is 11.5 Å². The van der Waals surface area contributed by atoms with Gasteiger partial charge in [-0.25, -0.2) is 0 Å². The maximum absolute atomic E-state index is 11.2. The van der Waals surface area contributed by atoms with Crippen molar-refractivity contribution < 1.29 is 9.53 Å². The second-order valence-electron chi connectivity index (χ2n) is 3.44. The Morgan fingerprint density at radius 2 is 2.33 bits per heavy atom. The predicted molar refractivity (Wildman–Crippen MR) is 65.3 cm³/mol. The van der Waals surface area contributed by atoms with Crippen molar-refractivity contribution in [3.63, 3.8) is 0 Å². The second-order valence-corrected chi connectivity index (χ2v) is 4.69. The molecule has 4 nitrogen and oxygen atoms in total. The minimum Gasteiger partial charge on any atom is -0.368 e. The number of nitrogens with zero attached hydrogens (tertiary/aromatic N) is 1. The number of ether oxygens (including phenoxy) is 1. The van der Waals surface area contributed by atoms with E-state index in [9.17, 15) is 4.79 Å². The lowest BCUT2D eigenvalue weighted by molar-refractivity contribution is -0.137. The fraction of sp³-hybridized carbons (Fsp3) is 0.400. The first kappa shape index (κ1) is 12.4. The molecule has 1 unspecified atom stereocenters. The highest BCUT2D eigenvalue weighted by Gasteiger charge is 2.31. The number of hydrogen-bond donors (Lipinski definition) is 1. The Labute approximate surface area is 102 Å². The van der Waals surface area contributed by atoms with Crippen LogP contribution in [0.2, 0.25) is 0 Å². The highest BCUT2D eigenvalue weighted by Crippen LogP contribution is 2.15. The van der Waals surface area contributed by atoms with Crippen molar-refractivity contribution >= 4 is 28.5 Å². The van der Waals surface area contributed by atoms with Gasteiger partial charge >= 0.3 is 0 Å². The van der Waals surface area contributed by atoms with Crippen molar-refractivity contribution in [1.29, 1.82) is 0 Å². The molecule has 0 saturated heterocycles. The monoisotopic (exact) mass is 320 g/mol. The quantitative estimate of drug-likeness (QED) is 0.846. The first-order valence-corrected chi connectivity index (χ1v) is 5.51. The maximum Gasteiger partial charge on any atom is 0.249 e. The van der Waals surface area contributed by atoms with Gasteiger partial charge in [-0.3, -0.25) is 9.78 Å². The molecule has 0 aliphatic heterocycles. The Bertz CT molecular complexity index is 353. The number of carbonyl (C=O) groups excluding carboxylic acids is 1. The molecule has 1 aromatic heterocycles. The van der Waals surface area contributed by atoms with Gasteiger partial charge in [0.05, 0.1) is 0 Å². The largest absolute Gasteiger partial charge is 0.368 e. The molecule has 1 aromatic rings. The fourth-order valence-corrected chi connectivity index (χ4v) is 1.44. The predicted octanol–water partition coefficient (Wildman–Crippen LogP) is 1.12. The molecule has 0 bridgehead atoms. The summed E-state index contributed by atoms with van der Waals surface area (Å²) in [6.45, 7) is 1.66. The van der Waals surface area contributed by atoms with Crippen LogP contribution in [0.25, 0.3) is 0 Å². The Morgan fingerprint density at radius 3 is 2.73 bits per heavy atom. The number of amides is 1. The molecule has 0 radical (unpaired) electrons. The molecule has 1 atom stereocenters. The topological polar surface area (TPSA) is 65.2 Å². The summed E-state index contributed by atoms with van der Waals surface area (Å²) in [5, 5.41) is 0. The van der Waals surface area contributed by atoms with Crippen molar-refractivity contribution in [3.8, 4) is 0 Å². The van der Waals surface area contributed by atoms with E-state index in [1.807, 2.05) is 12.1 Å². The molecule has 15 heavy (non-hydrogen) atoms. The molecule has 0 aromatic carbocycles. The summed E-state index contributed by atoms with van der Waals surface area (Å²) >= 11 is 2.17. The average molecular weight is 320 g/mol. The van der Waals surface area contributed by atoms with Crippen molar-refractivity contribution in [3.05, 3.63) is 27.6 Å². The highest BCUT2D eigenvalue weighted by atomic mass is 127. The zero-order valence-corrected chi connectivity index (χ0v) is 10.8. The van der Waals surface area contributed by atoms with Gasteiger partial charge < -0.3 is 10.5 Å². The number of methoxy groups -OCH3 is 1. The van der Waals surface area contributed by atoms with Crippen LogP contribution < -0.4 is 5.73 Å². The SMILES string of the molecule is COC(C)(Cc1ccc(I)cn1)C(N)=O. The molecule has 82 valence electrons. The Hall–Kier alpha value is -0.690. The summed E-state index contributed by atoms with van der Waals surface area (Å²) < 4.78 is 6.17. The summed E-state index contributed by atoms with van der Waals surface area (Å²) in [6.07, 6.45) is 2.13. The van der Waals surface area contributed by atoms with E-state index >= 15 is 0 Å². The van der Waals surface area contributed by atoms with Crippen LogP contribution in [0.5, 0.6) is 0 Å². The molecule has 0 aliphatic carbocycles. The van der Waals surface area contributed by atoms with Gasteiger partial charge in [0.25, 0.3) is 0 Å². The van der Waals surface area contributed by atoms with Gasteiger partial charge in [-0.15, -0.1) is 0 Å². The molecule has 1 amide bonds. The number of aromatic nitrogens is 1. The third-order valence-corrected chi connectivity index (χ3v) is 2.92. The molecular formula is C10H13IN2O2. The highest BCUT2D eigenvalue weighted by molar-refractivity contribution is 14.1. The van der Waals surface area contributed by atoms with Gasteiger partial charge in [0.15, 0.2) is 0 Å². The molecule has 0 aliphatic rings. The second kappa shape index (κ2) is 4.89. The van der Waals surface area contributed by atoms with E-state index in [-0.39, 0.29) is 0 Å². The first-order chi connectivity index (χ1) is 6.98. The van der Waals surface area contributed by atoms with E-state index in [4.69, 9.17) is 10.5 Å². The van der Waals surface area contributed by atoms with Crippen molar-refractivity contribution in [2.45, 2.75) is 18.9 Å². The third-order valence-electron chi connectivity index (χ3n) is 2.28.